The first-order valence-electron chi connectivity index (χ1n) is 8.43. The SMILES string of the molecule is N=C(N)c1ccc(-c2ccc(NC3CCC(C(=O)O)CC3)nc2)cc1. The highest BCUT2D eigenvalue weighted by Gasteiger charge is 2.25. The molecule has 1 fully saturated rings. The Morgan fingerprint density at radius 1 is 1.08 bits per heavy atom. The number of rotatable bonds is 5. The van der Waals surface area contributed by atoms with E-state index in [0.717, 1.165) is 29.8 Å². The molecule has 130 valence electrons. The molecular formula is C19H22N4O2. The van der Waals surface area contributed by atoms with Gasteiger partial charge in [0.15, 0.2) is 0 Å². The van der Waals surface area contributed by atoms with Crippen LogP contribution >= 0.6 is 0 Å². The lowest BCUT2D eigenvalue weighted by molar-refractivity contribution is -0.142. The number of carbonyl (C=O) groups is 1. The molecule has 6 nitrogen and oxygen atoms in total. The quantitative estimate of drug-likeness (QED) is 0.494. The Morgan fingerprint density at radius 3 is 2.24 bits per heavy atom. The maximum absolute atomic E-state index is 11.0. The standard InChI is InChI=1S/C19H22N4O2/c20-18(21)13-3-1-12(2-4-13)15-7-10-17(22-11-15)23-16-8-5-14(6-9-16)19(24)25/h1-4,7,10-11,14,16H,5-6,8-9H2,(H3,20,21)(H,22,23)(H,24,25). The third-order valence-corrected chi connectivity index (χ3v) is 4.72. The summed E-state index contributed by atoms with van der Waals surface area (Å²) in [6, 6.07) is 11.7. The number of nitrogens with two attached hydrogens (primary N) is 1. The van der Waals surface area contributed by atoms with Crippen molar-refractivity contribution in [2.45, 2.75) is 31.7 Å². The molecule has 0 bridgehead atoms. The second kappa shape index (κ2) is 7.34. The Kier molecular flexibility index (Phi) is 4.97. The molecule has 0 spiro atoms. The van der Waals surface area contributed by atoms with E-state index in [1.807, 2.05) is 42.6 Å². The predicted octanol–water partition coefficient (Wildman–Crippen LogP) is 3.09. The van der Waals surface area contributed by atoms with E-state index in [1.165, 1.54) is 0 Å². The van der Waals surface area contributed by atoms with E-state index < -0.39 is 5.97 Å². The Balaban J connectivity index is 1.61. The van der Waals surface area contributed by atoms with Gasteiger partial charge in [0.25, 0.3) is 0 Å². The fourth-order valence-electron chi connectivity index (χ4n) is 3.19. The molecule has 1 aromatic carbocycles. The van der Waals surface area contributed by atoms with E-state index in [-0.39, 0.29) is 17.8 Å². The molecule has 1 saturated carbocycles. The van der Waals surface area contributed by atoms with Crippen LogP contribution in [0.5, 0.6) is 0 Å². The van der Waals surface area contributed by atoms with Crippen LogP contribution in [-0.2, 0) is 4.79 Å². The Hall–Kier alpha value is -2.89. The van der Waals surface area contributed by atoms with Crippen LogP contribution in [0.1, 0.15) is 31.2 Å². The molecule has 0 unspecified atom stereocenters. The molecule has 5 N–H and O–H groups in total. The number of hydrogen-bond donors (Lipinski definition) is 4. The summed E-state index contributed by atoms with van der Waals surface area (Å²) in [6.45, 7) is 0. The number of pyridine rings is 1. The highest BCUT2D eigenvalue weighted by atomic mass is 16.4. The number of nitrogens with one attached hydrogen (secondary N) is 2. The summed E-state index contributed by atoms with van der Waals surface area (Å²) in [5.41, 5.74) is 8.18. The molecule has 3 rings (SSSR count). The summed E-state index contributed by atoms with van der Waals surface area (Å²) in [5.74, 6) is -0.0206. The summed E-state index contributed by atoms with van der Waals surface area (Å²) in [5, 5.41) is 19.9. The monoisotopic (exact) mass is 338 g/mol. The second-order valence-electron chi connectivity index (χ2n) is 6.45. The van der Waals surface area contributed by atoms with Gasteiger partial charge in [-0.15, -0.1) is 0 Å². The van der Waals surface area contributed by atoms with Crippen molar-refractivity contribution in [1.29, 1.82) is 5.41 Å². The Bertz CT molecular complexity index is 748. The highest BCUT2D eigenvalue weighted by Crippen LogP contribution is 2.27. The Labute approximate surface area is 146 Å². The van der Waals surface area contributed by atoms with Crippen molar-refractivity contribution in [3.8, 4) is 11.1 Å². The number of amidine groups is 1. The van der Waals surface area contributed by atoms with Crippen LogP contribution < -0.4 is 11.1 Å². The molecule has 2 aromatic rings. The minimum absolute atomic E-state index is 0.0573. The third-order valence-electron chi connectivity index (χ3n) is 4.72. The summed E-state index contributed by atoms with van der Waals surface area (Å²) >= 11 is 0. The van der Waals surface area contributed by atoms with Crippen LogP contribution in [0.15, 0.2) is 42.6 Å². The molecule has 1 aliphatic rings. The van der Waals surface area contributed by atoms with E-state index >= 15 is 0 Å². The van der Waals surface area contributed by atoms with Crippen molar-refractivity contribution in [2.75, 3.05) is 5.32 Å². The lowest BCUT2D eigenvalue weighted by Gasteiger charge is -2.27. The fourth-order valence-corrected chi connectivity index (χ4v) is 3.19. The van der Waals surface area contributed by atoms with Crippen LogP contribution in [-0.4, -0.2) is 27.9 Å². The zero-order valence-corrected chi connectivity index (χ0v) is 13.9. The van der Waals surface area contributed by atoms with E-state index in [9.17, 15) is 4.79 Å². The van der Waals surface area contributed by atoms with Crippen molar-refractivity contribution < 1.29 is 9.90 Å². The third kappa shape index (κ3) is 4.15. The maximum atomic E-state index is 11.0. The number of carboxylic acid groups (broad SMARTS) is 1. The van der Waals surface area contributed by atoms with Gasteiger partial charge < -0.3 is 16.2 Å². The first kappa shape index (κ1) is 17.0. The van der Waals surface area contributed by atoms with Gasteiger partial charge in [0.1, 0.15) is 11.7 Å². The fraction of sp³-hybridized carbons (Fsp3) is 0.316. The van der Waals surface area contributed by atoms with Crippen LogP contribution in [0, 0.1) is 11.3 Å². The van der Waals surface area contributed by atoms with Gasteiger partial charge in [-0.2, -0.15) is 0 Å². The molecule has 1 aromatic heterocycles. The van der Waals surface area contributed by atoms with Gasteiger partial charge in [0.2, 0.25) is 0 Å². The first-order chi connectivity index (χ1) is 12.0. The number of carboxylic acids is 1. The van der Waals surface area contributed by atoms with Crippen molar-refractivity contribution in [2.24, 2.45) is 11.7 Å². The van der Waals surface area contributed by atoms with Gasteiger partial charge >= 0.3 is 5.97 Å². The van der Waals surface area contributed by atoms with Gasteiger partial charge in [0.05, 0.1) is 5.92 Å². The highest BCUT2D eigenvalue weighted by molar-refractivity contribution is 5.95. The normalized spacial score (nSPS) is 20.0. The predicted molar refractivity (Wildman–Crippen MR) is 97.7 cm³/mol. The first-order valence-corrected chi connectivity index (χ1v) is 8.43. The van der Waals surface area contributed by atoms with Gasteiger partial charge in [-0.25, -0.2) is 4.98 Å². The van der Waals surface area contributed by atoms with Crippen LogP contribution in [0.2, 0.25) is 0 Å². The van der Waals surface area contributed by atoms with Gasteiger partial charge in [-0.1, -0.05) is 24.3 Å². The molecular weight excluding hydrogens is 316 g/mol. The molecule has 0 aliphatic heterocycles. The lowest BCUT2D eigenvalue weighted by atomic mass is 9.86. The van der Waals surface area contributed by atoms with E-state index in [2.05, 4.69) is 10.3 Å². The summed E-state index contributed by atoms with van der Waals surface area (Å²) in [4.78, 5) is 15.5. The molecule has 1 heterocycles. The smallest absolute Gasteiger partial charge is 0.306 e. The Morgan fingerprint density at radius 2 is 1.72 bits per heavy atom. The molecule has 6 heteroatoms. The van der Waals surface area contributed by atoms with Crippen molar-refractivity contribution in [3.05, 3.63) is 48.2 Å². The topological polar surface area (TPSA) is 112 Å². The molecule has 1 aliphatic carbocycles. The maximum Gasteiger partial charge on any atom is 0.306 e. The largest absolute Gasteiger partial charge is 0.481 e. The van der Waals surface area contributed by atoms with Crippen LogP contribution in [0.3, 0.4) is 0 Å². The van der Waals surface area contributed by atoms with Gasteiger partial charge in [0, 0.05) is 23.4 Å². The van der Waals surface area contributed by atoms with Gasteiger partial charge in [-0.05, 0) is 43.4 Å². The van der Waals surface area contributed by atoms with E-state index in [4.69, 9.17) is 16.2 Å². The zero-order chi connectivity index (χ0) is 17.8. The molecule has 0 amide bonds. The summed E-state index contributed by atoms with van der Waals surface area (Å²) in [7, 11) is 0. The average Bonchev–Trinajstić information content (AvgIpc) is 2.63. The van der Waals surface area contributed by atoms with Crippen molar-refractivity contribution in [3.63, 3.8) is 0 Å². The van der Waals surface area contributed by atoms with Crippen molar-refractivity contribution in [1.82, 2.24) is 4.98 Å². The van der Waals surface area contributed by atoms with E-state index in [0.29, 0.717) is 18.4 Å². The number of nitrogens with zero attached hydrogens (tertiary/aromatic N) is 1. The number of hydrogen-bond acceptors (Lipinski definition) is 4. The van der Waals surface area contributed by atoms with Crippen LogP contribution in [0.4, 0.5) is 5.82 Å². The lowest BCUT2D eigenvalue weighted by Crippen LogP contribution is -2.29. The molecule has 0 saturated heterocycles. The zero-order valence-electron chi connectivity index (χ0n) is 13.9. The molecule has 25 heavy (non-hydrogen) atoms. The summed E-state index contributed by atoms with van der Waals surface area (Å²) < 4.78 is 0. The number of aromatic nitrogens is 1. The number of benzene rings is 1. The molecule has 0 radical (unpaired) electrons. The van der Waals surface area contributed by atoms with Gasteiger partial charge in [-0.3, -0.25) is 10.2 Å². The number of aliphatic carboxylic acids is 1. The summed E-state index contributed by atoms with van der Waals surface area (Å²) in [6.07, 6.45) is 4.95. The second-order valence-corrected chi connectivity index (χ2v) is 6.45. The number of anilines is 1. The van der Waals surface area contributed by atoms with Crippen molar-refractivity contribution >= 4 is 17.6 Å². The average molecular weight is 338 g/mol. The minimum Gasteiger partial charge on any atom is -0.481 e. The molecule has 0 atom stereocenters. The van der Waals surface area contributed by atoms with Crippen LogP contribution in [0.25, 0.3) is 11.1 Å². The number of nitrogen functional groups attached to an aromatic ring is 1. The van der Waals surface area contributed by atoms with E-state index in [1.54, 1.807) is 0 Å². The minimum atomic E-state index is -0.684.